The summed E-state index contributed by atoms with van der Waals surface area (Å²) in [7, 11) is 0. The molecule has 0 atom stereocenters. The Balaban J connectivity index is 2.13. The van der Waals surface area contributed by atoms with E-state index in [2.05, 4.69) is 0 Å². The molecule has 1 amide bonds. The van der Waals surface area contributed by atoms with Crippen molar-refractivity contribution in [2.24, 2.45) is 0 Å². The lowest BCUT2D eigenvalue weighted by molar-refractivity contribution is -0.147. The van der Waals surface area contributed by atoms with Crippen molar-refractivity contribution < 1.29 is 27.5 Å². The molecule has 27 heavy (non-hydrogen) atoms. The summed E-state index contributed by atoms with van der Waals surface area (Å²) in [5, 5.41) is 2.11. The summed E-state index contributed by atoms with van der Waals surface area (Å²) in [4.78, 5) is 23.8. The van der Waals surface area contributed by atoms with E-state index < -0.39 is 31.2 Å². The summed E-state index contributed by atoms with van der Waals surface area (Å²) in [5.41, 5.74) is 1.34. The number of alkyl halides is 3. The Labute approximate surface area is 158 Å². The third-order valence-corrected chi connectivity index (χ3v) is 3.56. The average Bonchev–Trinajstić information content (AvgIpc) is 2.63. The normalized spacial score (nSPS) is 11.8. The van der Waals surface area contributed by atoms with Gasteiger partial charge in [0.1, 0.15) is 6.54 Å². The van der Waals surface area contributed by atoms with Crippen LogP contribution in [0.15, 0.2) is 54.6 Å². The van der Waals surface area contributed by atoms with E-state index in [1.807, 2.05) is 6.07 Å². The molecular weight excluding hydrogens is 383 g/mol. The standard InChI is InChI=1S/C19H15ClF3NO3/c20-15-8-6-14(7-9-15)16(10-13-4-2-1-3-5-13)18(26)27-11-17(25)24-12-19(21,22)23/h1-10H,11-12H2,(H,24,25)/b16-10+. The van der Waals surface area contributed by atoms with E-state index in [0.717, 1.165) is 0 Å². The Morgan fingerprint density at radius 1 is 1.04 bits per heavy atom. The monoisotopic (exact) mass is 397 g/mol. The number of benzene rings is 2. The van der Waals surface area contributed by atoms with Gasteiger partial charge in [0, 0.05) is 5.02 Å². The first-order chi connectivity index (χ1) is 12.7. The summed E-state index contributed by atoms with van der Waals surface area (Å²) in [6.07, 6.45) is -2.99. The van der Waals surface area contributed by atoms with Gasteiger partial charge in [-0.2, -0.15) is 13.2 Å². The molecule has 2 rings (SSSR count). The van der Waals surface area contributed by atoms with Gasteiger partial charge in [0.25, 0.3) is 5.91 Å². The Bertz CT molecular complexity index is 818. The summed E-state index contributed by atoms with van der Waals surface area (Å²) < 4.78 is 41.2. The molecule has 0 heterocycles. The number of hydrogen-bond donors (Lipinski definition) is 1. The first-order valence-electron chi connectivity index (χ1n) is 7.78. The Hall–Kier alpha value is -2.80. The van der Waals surface area contributed by atoms with Crippen LogP contribution in [0, 0.1) is 0 Å². The van der Waals surface area contributed by atoms with Gasteiger partial charge in [-0.3, -0.25) is 4.79 Å². The van der Waals surface area contributed by atoms with E-state index in [4.69, 9.17) is 16.3 Å². The Morgan fingerprint density at radius 3 is 2.26 bits per heavy atom. The zero-order chi connectivity index (χ0) is 19.9. The van der Waals surface area contributed by atoms with Crippen molar-refractivity contribution in [3.8, 4) is 0 Å². The van der Waals surface area contributed by atoms with Crippen LogP contribution in [0.5, 0.6) is 0 Å². The number of esters is 1. The van der Waals surface area contributed by atoms with Crippen LogP contribution in [0.2, 0.25) is 5.02 Å². The van der Waals surface area contributed by atoms with E-state index in [0.29, 0.717) is 16.1 Å². The number of rotatable bonds is 6. The fraction of sp³-hybridized carbons (Fsp3) is 0.158. The van der Waals surface area contributed by atoms with Gasteiger partial charge >= 0.3 is 12.1 Å². The van der Waals surface area contributed by atoms with Crippen molar-refractivity contribution in [1.29, 1.82) is 0 Å². The molecule has 0 unspecified atom stereocenters. The number of ether oxygens (including phenoxy) is 1. The molecule has 142 valence electrons. The second-order valence-corrected chi connectivity index (χ2v) is 5.88. The lowest BCUT2D eigenvalue weighted by Gasteiger charge is -2.11. The maximum absolute atomic E-state index is 12.4. The number of amides is 1. The molecule has 0 saturated carbocycles. The molecule has 0 saturated heterocycles. The highest BCUT2D eigenvalue weighted by Gasteiger charge is 2.28. The van der Waals surface area contributed by atoms with Gasteiger partial charge in [-0.05, 0) is 29.3 Å². The Kier molecular flexibility index (Phi) is 7.01. The van der Waals surface area contributed by atoms with Gasteiger partial charge in [-0.25, -0.2) is 4.79 Å². The minimum absolute atomic E-state index is 0.140. The van der Waals surface area contributed by atoms with Crippen molar-refractivity contribution in [3.63, 3.8) is 0 Å². The molecule has 0 aliphatic rings. The molecule has 2 aromatic carbocycles. The fourth-order valence-electron chi connectivity index (χ4n) is 2.06. The van der Waals surface area contributed by atoms with Gasteiger partial charge in [0.2, 0.25) is 0 Å². The molecule has 0 aliphatic carbocycles. The van der Waals surface area contributed by atoms with Crippen LogP contribution in [-0.2, 0) is 14.3 Å². The topological polar surface area (TPSA) is 55.4 Å². The van der Waals surface area contributed by atoms with Gasteiger partial charge in [-0.15, -0.1) is 0 Å². The van der Waals surface area contributed by atoms with Crippen LogP contribution in [0.3, 0.4) is 0 Å². The van der Waals surface area contributed by atoms with Crippen molar-refractivity contribution in [1.82, 2.24) is 5.32 Å². The molecule has 0 aliphatic heterocycles. The Morgan fingerprint density at radius 2 is 1.67 bits per heavy atom. The molecule has 2 aromatic rings. The number of carbonyl (C=O) groups is 2. The predicted molar refractivity (Wildman–Crippen MR) is 95.8 cm³/mol. The summed E-state index contributed by atoms with van der Waals surface area (Å²) in [6.45, 7) is -2.32. The van der Waals surface area contributed by atoms with Crippen LogP contribution >= 0.6 is 11.6 Å². The lowest BCUT2D eigenvalue weighted by atomic mass is 10.0. The molecule has 1 N–H and O–H groups in total. The highest BCUT2D eigenvalue weighted by atomic mass is 35.5. The summed E-state index contributed by atoms with van der Waals surface area (Å²) in [5.74, 6) is -1.89. The third kappa shape index (κ3) is 7.15. The van der Waals surface area contributed by atoms with Crippen LogP contribution in [0.25, 0.3) is 11.6 Å². The molecule has 0 fully saturated rings. The van der Waals surface area contributed by atoms with Crippen LogP contribution in [-0.4, -0.2) is 31.2 Å². The molecule has 8 heteroatoms. The van der Waals surface area contributed by atoms with Crippen LogP contribution < -0.4 is 5.32 Å². The zero-order valence-corrected chi connectivity index (χ0v) is 14.7. The predicted octanol–water partition coefficient (Wildman–Crippen LogP) is 4.10. The van der Waals surface area contributed by atoms with Gasteiger partial charge in [0.15, 0.2) is 6.61 Å². The number of nitrogens with one attached hydrogen (secondary N) is 1. The van der Waals surface area contributed by atoms with Crippen LogP contribution in [0.4, 0.5) is 13.2 Å². The molecule has 0 spiro atoms. The van der Waals surface area contributed by atoms with E-state index in [9.17, 15) is 22.8 Å². The molecule has 0 bridgehead atoms. The van der Waals surface area contributed by atoms with Gasteiger partial charge in [0.05, 0.1) is 5.57 Å². The lowest BCUT2D eigenvalue weighted by Crippen LogP contribution is -2.36. The fourth-order valence-corrected chi connectivity index (χ4v) is 2.19. The van der Waals surface area contributed by atoms with Gasteiger partial charge in [-0.1, -0.05) is 54.1 Å². The largest absolute Gasteiger partial charge is 0.452 e. The average molecular weight is 398 g/mol. The second kappa shape index (κ2) is 9.23. The van der Waals surface area contributed by atoms with Crippen molar-refractivity contribution in [2.75, 3.05) is 13.2 Å². The quantitative estimate of drug-likeness (QED) is 0.453. The zero-order valence-electron chi connectivity index (χ0n) is 13.9. The third-order valence-electron chi connectivity index (χ3n) is 3.31. The summed E-state index contributed by atoms with van der Waals surface area (Å²) in [6, 6.07) is 15.3. The minimum atomic E-state index is -4.54. The highest BCUT2D eigenvalue weighted by molar-refractivity contribution is 6.30. The number of carbonyl (C=O) groups excluding carboxylic acids is 2. The second-order valence-electron chi connectivity index (χ2n) is 5.44. The van der Waals surface area contributed by atoms with E-state index in [-0.39, 0.29) is 5.57 Å². The van der Waals surface area contributed by atoms with Crippen molar-refractivity contribution >= 4 is 35.1 Å². The first kappa shape index (κ1) is 20.5. The van der Waals surface area contributed by atoms with Crippen molar-refractivity contribution in [3.05, 3.63) is 70.7 Å². The molecular formula is C19H15ClF3NO3. The van der Waals surface area contributed by atoms with Gasteiger partial charge < -0.3 is 10.1 Å². The smallest absolute Gasteiger partial charge is 0.405 e. The SMILES string of the molecule is O=C(COC(=O)/C(=C/c1ccccc1)c1ccc(Cl)cc1)NCC(F)(F)F. The van der Waals surface area contributed by atoms with E-state index in [1.54, 1.807) is 59.9 Å². The van der Waals surface area contributed by atoms with E-state index in [1.165, 1.54) is 0 Å². The number of hydrogen-bond acceptors (Lipinski definition) is 3. The highest BCUT2D eigenvalue weighted by Crippen LogP contribution is 2.22. The summed E-state index contributed by atoms with van der Waals surface area (Å²) >= 11 is 5.85. The van der Waals surface area contributed by atoms with E-state index >= 15 is 0 Å². The first-order valence-corrected chi connectivity index (χ1v) is 8.16. The molecule has 4 nitrogen and oxygen atoms in total. The van der Waals surface area contributed by atoms with Crippen molar-refractivity contribution in [2.45, 2.75) is 6.18 Å². The molecule has 0 radical (unpaired) electrons. The number of halogens is 4. The molecule has 0 aromatic heterocycles. The minimum Gasteiger partial charge on any atom is -0.452 e. The van der Waals surface area contributed by atoms with Crippen LogP contribution in [0.1, 0.15) is 11.1 Å². The maximum Gasteiger partial charge on any atom is 0.405 e. The maximum atomic E-state index is 12.4.